The van der Waals surface area contributed by atoms with Crippen LogP contribution in [-0.4, -0.2) is 66.6 Å². The number of hydrogen-bond acceptors (Lipinski definition) is 4. The average molecular weight is 319 g/mol. The Bertz CT molecular complexity index is 521. The standard InChI is InChI=1S/C17H25N3O3/c1-19-8-5-9-20(11-10-19)13-14(17(22)23)12-16(21)18-15-6-3-2-4-7-15/h2-4,6-7,14H,5,8-13H2,1H3,(H,18,21)(H,22,23)/t14-/m0/s1. The first kappa shape index (κ1) is 17.4. The lowest BCUT2D eigenvalue weighted by Gasteiger charge is -2.23. The van der Waals surface area contributed by atoms with Gasteiger partial charge < -0.3 is 20.2 Å². The van der Waals surface area contributed by atoms with Gasteiger partial charge in [-0.1, -0.05) is 18.2 Å². The van der Waals surface area contributed by atoms with Crippen molar-refractivity contribution in [2.75, 3.05) is 45.1 Å². The van der Waals surface area contributed by atoms with Gasteiger partial charge in [-0.15, -0.1) is 0 Å². The van der Waals surface area contributed by atoms with E-state index in [0.29, 0.717) is 12.2 Å². The number of benzene rings is 1. The molecule has 2 N–H and O–H groups in total. The molecule has 1 saturated heterocycles. The second-order valence-corrected chi connectivity index (χ2v) is 6.11. The van der Waals surface area contributed by atoms with Crippen molar-refractivity contribution in [3.63, 3.8) is 0 Å². The van der Waals surface area contributed by atoms with Gasteiger partial charge in [0, 0.05) is 31.7 Å². The maximum Gasteiger partial charge on any atom is 0.308 e. The molecule has 23 heavy (non-hydrogen) atoms. The molecule has 0 unspecified atom stereocenters. The first-order valence-corrected chi connectivity index (χ1v) is 8.03. The van der Waals surface area contributed by atoms with E-state index < -0.39 is 11.9 Å². The maximum atomic E-state index is 12.1. The van der Waals surface area contributed by atoms with Crippen LogP contribution in [0.3, 0.4) is 0 Å². The highest BCUT2D eigenvalue weighted by Gasteiger charge is 2.25. The van der Waals surface area contributed by atoms with Crippen LogP contribution in [0.4, 0.5) is 5.69 Å². The minimum atomic E-state index is -0.911. The van der Waals surface area contributed by atoms with Gasteiger partial charge in [0.1, 0.15) is 0 Å². The summed E-state index contributed by atoms with van der Waals surface area (Å²) in [6.07, 6.45) is 1.02. The third-order valence-corrected chi connectivity index (χ3v) is 4.13. The fourth-order valence-corrected chi connectivity index (χ4v) is 2.78. The number of anilines is 1. The first-order chi connectivity index (χ1) is 11.0. The molecule has 126 valence electrons. The Morgan fingerprint density at radius 2 is 1.91 bits per heavy atom. The number of amides is 1. The first-order valence-electron chi connectivity index (χ1n) is 8.03. The molecular weight excluding hydrogens is 294 g/mol. The smallest absolute Gasteiger partial charge is 0.308 e. The summed E-state index contributed by atoms with van der Waals surface area (Å²) < 4.78 is 0. The van der Waals surface area contributed by atoms with Crippen LogP contribution in [0, 0.1) is 5.92 Å². The lowest BCUT2D eigenvalue weighted by atomic mass is 10.0. The summed E-state index contributed by atoms with van der Waals surface area (Å²) in [5.74, 6) is -1.84. The highest BCUT2D eigenvalue weighted by molar-refractivity contribution is 5.93. The number of hydrogen-bond donors (Lipinski definition) is 2. The van der Waals surface area contributed by atoms with Gasteiger partial charge in [0.25, 0.3) is 0 Å². The molecule has 2 rings (SSSR count). The molecule has 0 aliphatic carbocycles. The van der Waals surface area contributed by atoms with E-state index in [9.17, 15) is 14.7 Å². The van der Waals surface area contributed by atoms with E-state index in [1.165, 1.54) is 0 Å². The van der Waals surface area contributed by atoms with Gasteiger partial charge >= 0.3 is 5.97 Å². The van der Waals surface area contributed by atoms with Crippen molar-refractivity contribution in [1.29, 1.82) is 0 Å². The summed E-state index contributed by atoms with van der Waals surface area (Å²) in [5, 5.41) is 12.2. The molecular formula is C17H25N3O3. The van der Waals surface area contributed by atoms with E-state index >= 15 is 0 Å². The van der Waals surface area contributed by atoms with Crippen molar-refractivity contribution >= 4 is 17.6 Å². The summed E-state index contributed by atoms with van der Waals surface area (Å²) in [6.45, 7) is 4.12. The lowest BCUT2D eigenvalue weighted by Crippen LogP contribution is -2.37. The predicted molar refractivity (Wildman–Crippen MR) is 89.4 cm³/mol. The fraction of sp³-hybridized carbons (Fsp3) is 0.529. The molecule has 0 saturated carbocycles. The molecule has 1 amide bonds. The van der Waals surface area contributed by atoms with E-state index in [1.54, 1.807) is 12.1 Å². The van der Waals surface area contributed by atoms with Gasteiger partial charge in [-0.05, 0) is 38.7 Å². The monoisotopic (exact) mass is 319 g/mol. The number of aliphatic carboxylic acids is 1. The van der Waals surface area contributed by atoms with Crippen LogP contribution in [0.15, 0.2) is 30.3 Å². The summed E-state index contributed by atoms with van der Waals surface area (Å²) >= 11 is 0. The van der Waals surface area contributed by atoms with Crippen molar-refractivity contribution in [1.82, 2.24) is 9.80 Å². The van der Waals surface area contributed by atoms with E-state index in [4.69, 9.17) is 0 Å². The zero-order valence-corrected chi connectivity index (χ0v) is 13.6. The number of carbonyl (C=O) groups excluding carboxylic acids is 1. The van der Waals surface area contributed by atoms with Crippen molar-refractivity contribution in [3.05, 3.63) is 30.3 Å². The fourth-order valence-electron chi connectivity index (χ4n) is 2.78. The minimum Gasteiger partial charge on any atom is -0.481 e. The number of para-hydroxylation sites is 1. The zero-order valence-electron chi connectivity index (χ0n) is 13.6. The van der Waals surface area contributed by atoms with E-state index in [0.717, 1.165) is 32.6 Å². The number of carboxylic acid groups (broad SMARTS) is 1. The van der Waals surface area contributed by atoms with Crippen molar-refractivity contribution in [2.45, 2.75) is 12.8 Å². The quantitative estimate of drug-likeness (QED) is 0.828. The predicted octanol–water partition coefficient (Wildman–Crippen LogP) is 1.35. The van der Waals surface area contributed by atoms with Crippen molar-refractivity contribution in [2.24, 2.45) is 5.92 Å². The molecule has 0 spiro atoms. The lowest BCUT2D eigenvalue weighted by molar-refractivity contribution is -0.144. The molecule has 6 heteroatoms. The van der Waals surface area contributed by atoms with Gasteiger partial charge in [-0.25, -0.2) is 0 Å². The van der Waals surface area contributed by atoms with Crippen LogP contribution in [0.25, 0.3) is 0 Å². The molecule has 0 aromatic heterocycles. The van der Waals surface area contributed by atoms with Gasteiger partial charge in [0.05, 0.1) is 5.92 Å². The molecule has 0 radical (unpaired) electrons. The van der Waals surface area contributed by atoms with Gasteiger partial charge in [0.2, 0.25) is 5.91 Å². The Balaban J connectivity index is 1.88. The molecule has 6 nitrogen and oxygen atoms in total. The summed E-state index contributed by atoms with van der Waals surface area (Å²) in [6, 6.07) is 9.11. The number of nitrogens with zero attached hydrogens (tertiary/aromatic N) is 2. The Morgan fingerprint density at radius 1 is 1.17 bits per heavy atom. The Morgan fingerprint density at radius 3 is 2.61 bits per heavy atom. The second kappa shape index (κ2) is 8.64. The van der Waals surface area contributed by atoms with Crippen molar-refractivity contribution < 1.29 is 14.7 Å². The summed E-state index contributed by atoms with van der Waals surface area (Å²) in [7, 11) is 2.07. The molecule has 1 aliphatic heterocycles. The molecule has 1 aliphatic rings. The molecule has 1 aromatic rings. The maximum absolute atomic E-state index is 12.1. The molecule has 0 bridgehead atoms. The van der Waals surface area contributed by atoms with Crippen LogP contribution in [-0.2, 0) is 9.59 Å². The van der Waals surface area contributed by atoms with E-state index in [-0.39, 0.29) is 12.3 Å². The molecule has 1 aromatic carbocycles. The normalized spacial score (nSPS) is 18.1. The van der Waals surface area contributed by atoms with E-state index in [2.05, 4.69) is 22.2 Å². The highest BCUT2D eigenvalue weighted by Crippen LogP contribution is 2.12. The SMILES string of the molecule is CN1CCCN(C[C@H](CC(=O)Nc2ccccc2)C(=O)O)CC1. The van der Waals surface area contributed by atoms with Crippen LogP contribution in [0.5, 0.6) is 0 Å². The van der Waals surface area contributed by atoms with Crippen LogP contribution < -0.4 is 5.32 Å². The minimum absolute atomic E-state index is 0.00341. The Kier molecular flexibility index (Phi) is 6.55. The second-order valence-electron chi connectivity index (χ2n) is 6.11. The summed E-state index contributed by atoms with van der Waals surface area (Å²) in [5.41, 5.74) is 0.693. The zero-order chi connectivity index (χ0) is 16.7. The average Bonchev–Trinajstić information content (AvgIpc) is 2.72. The molecule has 1 fully saturated rings. The van der Waals surface area contributed by atoms with Crippen LogP contribution >= 0.6 is 0 Å². The number of rotatable bonds is 6. The van der Waals surface area contributed by atoms with Gasteiger partial charge in [0.15, 0.2) is 0 Å². The Hall–Kier alpha value is -1.92. The molecule has 1 heterocycles. The molecule has 1 atom stereocenters. The summed E-state index contributed by atoms with van der Waals surface area (Å²) in [4.78, 5) is 28.0. The number of nitrogens with one attached hydrogen (secondary N) is 1. The third-order valence-electron chi connectivity index (χ3n) is 4.13. The number of carboxylic acids is 1. The highest BCUT2D eigenvalue weighted by atomic mass is 16.4. The van der Waals surface area contributed by atoms with Gasteiger partial charge in [-0.2, -0.15) is 0 Å². The van der Waals surface area contributed by atoms with Crippen molar-refractivity contribution in [3.8, 4) is 0 Å². The van der Waals surface area contributed by atoms with Gasteiger partial charge in [-0.3, -0.25) is 9.59 Å². The number of likely N-dealkylation sites (N-methyl/N-ethyl adjacent to an activating group) is 1. The van der Waals surface area contributed by atoms with E-state index in [1.807, 2.05) is 18.2 Å². The largest absolute Gasteiger partial charge is 0.481 e. The topological polar surface area (TPSA) is 72.9 Å². The Labute approximate surface area is 137 Å². The third kappa shape index (κ3) is 6.00. The number of carbonyl (C=O) groups is 2. The van der Waals surface area contributed by atoms with Crippen LogP contribution in [0.1, 0.15) is 12.8 Å². The van der Waals surface area contributed by atoms with Crippen LogP contribution in [0.2, 0.25) is 0 Å².